The van der Waals surface area contributed by atoms with Crippen LogP contribution in [-0.4, -0.2) is 18.4 Å². The molecule has 0 bridgehead atoms. The summed E-state index contributed by atoms with van der Waals surface area (Å²) in [5.74, 6) is -0.0307. The molecule has 0 aromatic heterocycles. The Balaban J connectivity index is 1.85. The quantitative estimate of drug-likeness (QED) is 0.549. The lowest BCUT2D eigenvalue weighted by atomic mass is 10.1. The molecule has 31 heavy (non-hydrogen) atoms. The molecule has 1 N–H and O–H groups in total. The van der Waals surface area contributed by atoms with Crippen LogP contribution < -0.4 is 10.2 Å². The van der Waals surface area contributed by atoms with Gasteiger partial charge in [0.2, 0.25) is 5.91 Å². The molecule has 4 heteroatoms. The zero-order valence-electron chi connectivity index (χ0n) is 18.5. The highest BCUT2D eigenvalue weighted by Gasteiger charge is 2.18. The first kappa shape index (κ1) is 22.3. The third-order valence-electron chi connectivity index (χ3n) is 5.15. The van der Waals surface area contributed by atoms with E-state index in [1.807, 2.05) is 87.5 Å². The van der Waals surface area contributed by atoms with Gasteiger partial charge >= 0.3 is 0 Å². The average molecular weight is 415 g/mol. The zero-order valence-corrected chi connectivity index (χ0v) is 18.5. The molecule has 0 aliphatic carbocycles. The summed E-state index contributed by atoms with van der Waals surface area (Å²) in [6.45, 7) is 7.25. The fraction of sp³-hybridized carbons (Fsp3) is 0.259. The smallest absolute Gasteiger partial charge is 0.258 e. The van der Waals surface area contributed by atoms with Gasteiger partial charge in [-0.3, -0.25) is 9.59 Å². The van der Waals surface area contributed by atoms with Crippen LogP contribution in [0.3, 0.4) is 0 Å². The number of aryl methyl sites for hydroxylation is 2. The average Bonchev–Trinajstić information content (AvgIpc) is 2.77. The molecule has 2 amide bonds. The molecule has 0 unspecified atom stereocenters. The van der Waals surface area contributed by atoms with Crippen LogP contribution in [0.25, 0.3) is 0 Å². The molecule has 3 aromatic rings. The second kappa shape index (κ2) is 10.6. The van der Waals surface area contributed by atoms with Crippen molar-refractivity contribution in [2.75, 3.05) is 11.4 Å². The Morgan fingerprint density at radius 3 is 2.19 bits per heavy atom. The van der Waals surface area contributed by atoms with Crippen molar-refractivity contribution in [2.45, 2.75) is 40.2 Å². The number of hydrogen-bond acceptors (Lipinski definition) is 2. The summed E-state index contributed by atoms with van der Waals surface area (Å²) >= 11 is 0. The number of benzene rings is 3. The maximum absolute atomic E-state index is 13.4. The van der Waals surface area contributed by atoms with E-state index >= 15 is 0 Å². The van der Waals surface area contributed by atoms with E-state index in [1.165, 1.54) is 0 Å². The topological polar surface area (TPSA) is 49.4 Å². The maximum Gasteiger partial charge on any atom is 0.258 e. The highest BCUT2D eigenvalue weighted by molar-refractivity contribution is 6.06. The molecule has 3 aromatic carbocycles. The number of nitrogens with zero attached hydrogens (tertiary/aromatic N) is 1. The second-order valence-electron chi connectivity index (χ2n) is 7.94. The molecule has 160 valence electrons. The minimum Gasteiger partial charge on any atom is -0.356 e. The van der Waals surface area contributed by atoms with E-state index in [0.717, 1.165) is 34.4 Å². The molecule has 0 aliphatic heterocycles. The molecule has 0 saturated heterocycles. The Bertz CT molecular complexity index is 1020. The maximum atomic E-state index is 13.4. The summed E-state index contributed by atoms with van der Waals surface area (Å²) in [5.41, 5.74) is 5.74. The summed E-state index contributed by atoms with van der Waals surface area (Å²) in [6.07, 6.45) is 1.25. The summed E-state index contributed by atoms with van der Waals surface area (Å²) in [4.78, 5) is 27.2. The Kier molecular flexibility index (Phi) is 7.60. The van der Waals surface area contributed by atoms with Gasteiger partial charge in [0, 0.05) is 17.8 Å². The minimum atomic E-state index is -0.0463. The van der Waals surface area contributed by atoms with Crippen molar-refractivity contribution in [1.29, 1.82) is 0 Å². The predicted molar refractivity (Wildman–Crippen MR) is 126 cm³/mol. The molecule has 0 saturated carbocycles. The van der Waals surface area contributed by atoms with Crippen LogP contribution in [0, 0.1) is 13.8 Å². The zero-order chi connectivity index (χ0) is 22.2. The number of amides is 2. The highest BCUT2D eigenvalue weighted by Crippen LogP contribution is 2.22. The third-order valence-corrected chi connectivity index (χ3v) is 5.15. The highest BCUT2D eigenvalue weighted by atomic mass is 16.2. The Labute approximate surface area is 184 Å². The van der Waals surface area contributed by atoms with Gasteiger partial charge in [-0.15, -0.1) is 0 Å². The van der Waals surface area contributed by atoms with Crippen LogP contribution in [0.5, 0.6) is 0 Å². The van der Waals surface area contributed by atoms with Crippen molar-refractivity contribution in [1.82, 2.24) is 5.32 Å². The monoisotopic (exact) mass is 414 g/mol. The van der Waals surface area contributed by atoms with E-state index in [-0.39, 0.29) is 11.8 Å². The van der Waals surface area contributed by atoms with Gasteiger partial charge in [0.1, 0.15) is 0 Å². The van der Waals surface area contributed by atoms with E-state index in [4.69, 9.17) is 0 Å². The van der Waals surface area contributed by atoms with Crippen LogP contribution >= 0.6 is 0 Å². The third kappa shape index (κ3) is 6.29. The van der Waals surface area contributed by atoms with E-state index in [9.17, 15) is 9.59 Å². The van der Waals surface area contributed by atoms with Crippen molar-refractivity contribution in [2.24, 2.45) is 0 Å². The van der Waals surface area contributed by atoms with Crippen molar-refractivity contribution in [3.05, 3.63) is 101 Å². The van der Waals surface area contributed by atoms with Gasteiger partial charge in [-0.25, -0.2) is 0 Å². The molecule has 0 aliphatic rings. The molecule has 0 spiro atoms. The van der Waals surface area contributed by atoms with E-state index in [1.54, 1.807) is 4.90 Å². The number of nitrogens with one attached hydrogen (secondary N) is 1. The van der Waals surface area contributed by atoms with Gasteiger partial charge in [-0.2, -0.15) is 0 Å². The lowest BCUT2D eigenvalue weighted by molar-refractivity contribution is -0.120. The molecule has 4 nitrogen and oxygen atoms in total. The van der Waals surface area contributed by atoms with Crippen LogP contribution in [0.2, 0.25) is 0 Å². The Hall–Kier alpha value is -3.40. The van der Waals surface area contributed by atoms with Gasteiger partial charge in [-0.1, -0.05) is 66.6 Å². The lowest BCUT2D eigenvalue weighted by Crippen LogP contribution is -2.30. The summed E-state index contributed by atoms with van der Waals surface area (Å²) in [6, 6.07) is 23.5. The van der Waals surface area contributed by atoms with Crippen molar-refractivity contribution >= 4 is 17.5 Å². The van der Waals surface area contributed by atoms with E-state index < -0.39 is 0 Å². The van der Waals surface area contributed by atoms with Crippen LogP contribution in [0.15, 0.2) is 72.8 Å². The largest absolute Gasteiger partial charge is 0.356 e. The van der Waals surface area contributed by atoms with Gasteiger partial charge in [0.25, 0.3) is 5.91 Å². The molecule has 0 heterocycles. The standard InChI is InChI=1S/C27H30N2O2/c1-4-16-28-26(30)18-22-10-14-25(15-11-22)29(19-23-7-5-6-21(3)17-23)27(31)24-12-8-20(2)9-13-24/h5-15,17H,4,16,18-19H2,1-3H3,(H,28,30). The molecule has 0 fully saturated rings. The van der Waals surface area contributed by atoms with Crippen LogP contribution in [0.1, 0.15) is 46.0 Å². The number of carbonyl (C=O) groups excluding carboxylic acids is 2. The molecular formula is C27H30N2O2. The summed E-state index contributed by atoms with van der Waals surface area (Å²) < 4.78 is 0. The van der Waals surface area contributed by atoms with Crippen molar-refractivity contribution in [3.63, 3.8) is 0 Å². The van der Waals surface area contributed by atoms with Gasteiger partial charge in [-0.05, 0) is 55.7 Å². The lowest BCUT2D eigenvalue weighted by Gasteiger charge is -2.24. The van der Waals surface area contributed by atoms with Gasteiger partial charge < -0.3 is 10.2 Å². The Morgan fingerprint density at radius 1 is 0.839 bits per heavy atom. The number of hydrogen-bond donors (Lipinski definition) is 1. The fourth-order valence-corrected chi connectivity index (χ4v) is 3.43. The van der Waals surface area contributed by atoms with Crippen molar-refractivity contribution < 1.29 is 9.59 Å². The van der Waals surface area contributed by atoms with Gasteiger partial charge in [0.05, 0.1) is 13.0 Å². The Morgan fingerprint density at radius 2 is 1.55 bits per heavy atom. The van der Waals surface area contributed by atoms with Gasteiger partial charge in [0.15, 0.2) is 0 Å². The number of rotatable bonds is 8. The second-order valence-corrected chi connectivity index (χ2v) is 7.94. The SMILES string of the molecule is CCCNC(=O)Cc1ccc(N(Cc2cccc(C)c2)C(=O)c2ccc(C)cc2)cc1. The number of anilines is 1. The van der Waals surface area contributed by atoms with Crippen LogP contribution in [-0.2, 0) is 17.8 Å². The first-order valence-corrected chi connectivity index (χ1v) is 10.8. The normalized spacial score (nSPS) is 10.5. The van der Waals surface area contributed by atoms with E-state index in [0.29, 0.717) is 25.1 Å². The minimum absolute atomic E-state index is 0.0157. The first-order chi connectivity index (χ1) is 15.0. The van der Waals surface area contributed by atoms with Crippen molar-refractivity contribution in [3.8, 4) is 0 Å². The summed E-state index contributed by atoms with van der Waals surface area (Å²) in [7, 11) is 0. The number of carbonyl (C=O) groups is 2. The predicted octanol–water partition coefficient (Wildman–Crippen LogP) is 5.22. The fourth-order valence-electron chi connectivity index (χ4n) is 3.43. The molecule has 0 radical (unpaired) electrons. The summed E-state index contributed by atoms with van der Waals surface area (Å²) in [5, 5.41) is 2.90. The van der Waals surface area contributed by atoms with Crippen LogP contribution in [0.4, 0.5) is 5.69 Å². The molecule has 3 rings (SSSR count). The molecule has 0 atom stereocenters. The van der Waals surface area contributed by atoms with E-state index in [2.05, 4.69) is 11.4 Å². The molecular weight excluding hydrogens is 384 g/mol. The first-order valence-electron chi connectivity index (χ1n) is 10.8.